The maximum Gasteiger partial charge on any atom is 0.414 e. The van der Waals surface area contributed by atoms with Crippen molar-refractivity contribution in [2.75, 3.05) is 11.5 Å². The first-order chi connectivity index (χ1) is 9.63. The molecule has 0 fully saturated rings. The van der Waals surface area contributed by atoms with E-state index >= 15 is 0 Å². The van der Waals surface area contributed by atoms with Crippen LogP contribution in [0.25, 0.3) is 0 Å². The predicted octanol–water partition coefficient (Wildman–Crippen LogP) is 2.61. The lowest BCUT2D eigenvalue weighted by Crippen LogP contribution is -2.45. The highest BCUT2D eigenvalue weighted by molar-refractivity contribution is 5.91. The van der Waals surface area contributed by atoms with Crippen molar-refractivity contribution in [2.24, 2.45) is 0 Å². The molecule has 1 aliphatic heterocycles. The second-order valence-corrected chi connectivity index (χ2v) is 4.65. The summed E-state index contributed by atoms with van der Waals surface area (Å²) in [7, 11) is 0. The van der Waals surface area contributed by atoms with Crippen LogP contribution in [0.5, 0.6) is 0 Å². The SMILES string of the molecule is C=CCOC(=O)N1c2ccccc2CCC1CC(=O)O. The first-order valence-electron chi connectivity index (χ1n) is 6.50. The third-order valence-corrected chi connectivity index (χ3v) is 3.29. The predicted molar refractivity (Wildman–Crippen MR) is 74.8 cm³/mol. The van der Waals surface area contributed by atoms with Crippen molar-refractivity contribution in [3.05, 3.63) is 42.5 Å². The van der Waals surface area contributed by atoms with Crippen LogP contribution in [0.3, 0.4) is 0 Å². The first kappa shape index (κ1) is 14.1. The molecule has 0 bridgehead atoms. The smallest absolute Gasteiger partial charge is 0.414 e. The molecular weight excluding hydrogens is 258 g/mol. The van der Waals surface area contributed by atoms with Crippen molar-refractivity contribution >= 4 is 17.7 Å². The molecule has 5 heteroatoms. The lowest BCUT2D eigenvalue weighted by molar-refractivity contribution is -0.137. The average Bonchev–Trinajstić information content (AvgIpc) is 2.44. The molecule has 0 saturated carbocycles. The van der Waals surface area contributed by atoms with Gasteiger partial charge in [-0.15, -0.1) is 0 Å². The number of aryl methyl sites for hydroxylation is 1. The Morgan fingerprint density at radius 3 is 2.90 bits per heavy atom. The second kappa shape index (κ2) is 6.23. The minimum absolute atomic E-state index is 0.0858. The number of hydrogen-bond donors (Lipinski definition) is 1. The van der Waals surface area contributed by atoms with Crippen LogP contribution in [0, 0.1) is 0 Å². The Labute approximate surface area is 117 Å². The minimum atomic E-state index is -0.920. The Bertz CT molecular complexity index is 526. The highest BCUT2D eigenvalue weighted by Crippen LogP contribution is 2.32. The summed E-state index contributed by atoms with van der Waals surface area (Å²) in [5, 5.41) is 8.99. The van der Waals surface area contributed by atoms with Gasteiger partial charge in [-0.2, -0.15) is 0 Å². The molecule has 20 heavy (non-hydrogen) atoms. The van der Waals surface area contributed by atoms with E-state index in [-0.39, 0.29) is 19.1 Å². The number of benzene rings is 1. The summed E-state index contributed by atoms with van der Waals surface area (Å²) < 4.78 is 5.08. The number of amides is 1. The maximum absolute atomic E-state index is 12.2. The number of nitrogens with zero attached hydrogens (tertiary/aromatic N) is 1. The largest absolute Gasteiger partial charge is 0.481 e. The number of ether oxygens (including phenoxy) is 1. The van der Waals surface area contributed by atoms with Crippen LogP contribution in [-0.2, 0) is 16.0 Å². The molecule has 1 N–H and O–H groups in total. The van der Waals surface area contributed by atoms with Gasteiger partial charge in [-0.1, -0.05) is 30.9 Å². The monoisotopic (exact) mass is 275 g/mol. The molecule has 1 unspecified atom stereocenters. The van der Waals surface area contributed by atoms with E-state index in [0.29, 0.717) is 6.42 Å². The van der Waals surface area contributed by atoms with Crippen molar-refractivity contribution in [3.63, 3.8) is 0 Å². The van der Waals surface area contributed by atoms with Crippen LogP contribution >= 0.6 is 0 Å². The quantitative estimate of drug-likeness (QED) is 0.858. The molecule has 2 rings (SSSR count). The van der Waals surface area contributed by atoms with E-state index in [4.69, 9.17) is 9.84 Å². The molecule has 5 nitrogen and oxygen atoms in total. The molecule has 1 atom stereocenters. The maximum atomic E-state index is 12.2. The Morgan fingerprint density at radius 2 is 2.20 bits per heavy atom. The average molecular weight is 275 g/mol. The van der Waals surface area contributed by atoms with Crippen molar-refractivity contribution in [1.29, 1.82) is 0 Å². The zero-order valence-electron chi connectivity index (χ0n) is 11.1. The summed E-state index contributed by atoms with van der Waals surface area (Å²) in [6, 6.07) is 7.12. The van der Waals surface area contributed by atoms with E-state index in [1.165, 1.54) is 11.0 Å². The van der Waals surface area contributed by atoms with Crippen LogP contribution in [-0.4, -0.2) is 29.8 Å². The summed E-state index contributed by atoms with van der Waals surface area (Å²) in [5.74, 6) is -0.920. The fraction of sp³-hybridized carbons (Fsp3) is 0.333. The number of aliphatic carboxylic acids is 1. The van der Waals surface area contributed by atoms with Gasteiger partial charge < -0.3 is 9.84 Å². The number of carboxylic acid groups (broad SMARTS) is 1. The fourth-order valence-electron chi connectivity index (χ4n) is 2.45. The minimum Gasteiger partial charge on any atom is -0.481 e. The number of carbonyl (C=O) groups excluding carboxylic acids is 1. The van der Waals surface area contributed by atoms with Gasteiger partial charge in [0, 0.05) is 0 Å². The Morgan fingerprint density at radius 1 is 1.45 bits per heavy atom. The Kier molecular flexibility index (Phi) is 4.40. The Hall–Kier alpha value is -2.30. The molecular formula is C15H17NO4. The van der Waals surface area contributed by atoms with Crippen molar-refractivity contribution in [2.45, 2.75) is 25.3 Å². The molecule has 0 radical (unpaired) electrons. The van der Waals surface area contributed by atoms with Crippen molar-refractivity contribution in [1.82, 2.24) is 0 Å². The number of fused-ring (bicyclic) bond motifs is 1. The number of anilines is 1. The summed E-state index contributed by atoms with van der Waals surface area (Å²) in [6.07, 6.45) is 2.26. The highest BCUT2D eigenvalue weighted by atomic mass is 16.6. The zero-order chi connectivity index (χ0) is 14.5. The molecule has 0 aliphatic carbocycles. The Balaban J connectivity index is 2.30. The molecule has 1 heterocycles. The normalized spacial score (nSPS) is 17.2. The molecule has 1 amide bonds. The highest BCUT2D eigenvalue weighted by Gasteiger charge is 2.33. The number of rotatable bonds is 4. The number of hydrogen-bond acceptors (Lipinski definition) is 3. The van der Waals surface area contributed by atoms with Gasteiger partial charge in [0.25, 0.3) is 0 Å². The van der Waals surface area contributed by atoms with Gasteiger partial charge in [0.15, 0.2) is 0 Å². The van der Waals surface area contributed by atoms with Gasteiger partial charge in [0.2, 0.25) is 0 Å². The van der Waals surface area contributed by atoms with Gasteiger partial charge >= 0.3 is 12.1 Å². The lowest BCUT2D eigenvalue weighted by atomic mass is 9.94. The molecule has 1 aliphatic rings. The number of carbonyl (C=O) groups is 2. The van der Waals surface area contributed by atoms with Gasteiger partial charge in [0.1, 0.15) is 6.61 Å². The summed E-state index contributed by atoms with van der Waals surface area (Å²) in [5.41, 5.74) is 1.77. The molecule has 1 aromatic carbocycles. The topological polar surface area (TPSA) is 66.8 Å². The van der Waals surface area contributed by atoms with E-state index in [9.17, 15) is 9.59 Å². The van der Waals surface area contributed by atoms with E-state index in [0.717, 1.165) is 17.7 Å². The molecule has 0 aromatic heterocycles. The number of para-hydroxylation sites is 1. The summed E-state index contributed by atoms with van der Waals surface area (Å²) >= 11 is 0. The standard InChI is InChI=1S/C15H17NO4/c1-2-9-20-15(19)16-12(10-14(17)18)8-7-11-5-3-4-6-13(11)16/h2-6,12H,1,7-10H2,(H,17,18). The van der Waals surface area contributed by atoms with Gasteiger partial charge in [-0.25, -0.2) is 4.79 Å². The van der Waals surface area contributed by atoms with E-state index in [2.05, 4.69) is 6.58 Å². The third kappa shape index (κ3) is 2.99. The molecule has 106 valence electrons. The van der Waals surface area contributed by atoms with Crippen LogP contribution in [0.4, 0.5) is 10.5 Å². The molecule has 0 spiro atoms. The van der Waals surface area contributed by atoms with E-state index in [1.54, 1.807) is 0 Å². The number of carboxylic acids is 1. The second-order valence-electron chi connectivity index (χ2n) is 4.65. The van der Waals surface area contributed by atoms with Crippen LogP contribution in [0.15, 0.2) is 36.9 Å². The van der Waals surface area contributed by atoms with Gasteiger partial charge in [-0.3, -0.25) is 9.69 Å². The summed E-state index contributed by atoms with van der Waals surface area (Å²) in [6.45, 7) is 3.61. The lowest BCUT2D eigenvalue weighted by Gasteiger charge is -2.35. The van der Waals surface area contributed by atoms with Crippen molar-refractivity contribution in [3.8, 4) is 0 Å². The first-order valence-corrected chi connectivity index (χ1v) is 6.50. The summed E-state index contributed by atoms with van der Waals surface area (Å²) in [4.78, 5) is 24.6. The van der Waals surface area contributed by atoms with E-state index in [1.807, 2.05) is 24.3 Å². The zero-order valence-corrected chi connectivity index (χ0v) is 11.1. The molecule has 1 aromatic rings. The van der Waals surface area contributed by atoms with Crippen LogP contribution < -0.4 is 4.90 Å². The van der Waals surface area contributed by atoms with Crippen LogP contribution in [0.2, 0.25) is 0 Å². The molecule has 0 saturated heterocycles. The third-order valence-electron chi connectivity index (χ3n) is 3.29. The van der Waals surface area contributed by atoms with Gasteiger partial charge in [-0.05, 0) is 24.5 Å². The van der Waals surface area contributed by atoms with Crippen molar-refractivity contribution < 1.29 is 19.4 Å². The fourth-order valence-corrected chi connectivity index (χ4v) is 2.45. The van der Waals surface area contributed by atoms with Gasteiger partial charge in [0.05, 0.1) is 18.2 Å². The van der Waals surface area contributed by atoms with Crippen LogP contribution in [0.1, 0.15) is 18.4 Å². The van der Waals surface area contributed by atoms with E-state index < -0.39 is 12.1 Å².